The number of aliphatic carboxylic acids is 2. The maximum Gasteiger partial charge on any atom is 0.306 e. The summed E-state index contributed by atoms with van der Waals surface area (Å²) >= 11 is 0. The quantitative estimate of drug-likeness (QED) is 0.436. The third-order valence-corrected chi connectivity index (χ3v) is 5.37. The molecule has 34 heavy (non-hydrogen) atoms. The molecule has 0 aromatic heterocycles. The van der Waals surface area contributed by atoms with Crippen LogP contribution in [0.1, 0.15) is 50.7 Å². The SMILES string of the molecule is CCC(=O)O[C@](Cc1ccccc1)(c1ccccc1)[C@H](C)CN(C)C.O=C(O)CCCC(=O)O. The maximum atomic E-state index is 12.3. The van der Waals surface area contributed by atoms with Gasteiger partial charge in [-0.05, 0) is 31.6 Å². The number of hydrogen-bond donors (Lipinski definition) is 2. The van der Waals surface area contributed by atoms with Gasteiger partial charge in [0.05, 0.1) is 0 Å². The molecule has 0 fully saturated rings. The van der Waals surface area contributed by atoms with Crippen molar-refractivity contribution in [2.45, 2.75) is 51.6 Å². The van der Waals surface area contributed by atoms with Crippen LogP contribution in [0.2, 0.25) is 0 Å². The van der Waals surface area contributed by atoms with Crippen LogP contribution in [0.3, 0.4) is 0 Å². The van der Waals surface area contributed by atoms with Crippen molar-refractivity contribution in [3.8, 4) is 0 Å². The van der Waals surface area contributed by atoms with Crippen molar-refractivity contribution in [2.75, 3.05) is 20.6 Å². The molecule has 0 saturated carbocycles. The summed E-state index contributed by atoms with van der Waals surface area (Å²) in [5.74, 6) is -1.92. The number of rotatable bonds is 12. The third kappa shape index (κ3) is 10.2. The smallest absolute Gasteiger partial charge is 0.306 e. The van der Waals surface area contributed by atoms with Gasteiger partial charge in [0.2, 0.25) is 0 Å². The number of carbonyl (C=O) groups excluding carboxylic acids is 1. The molecule has 186 valence electrons. The van der Waals surface area contributed by atoms with E-state index in [1.54, 1.807) is 0 Å². The summed E-state index contributed by atoms with van der Waals surface area (Å²) < 4.78 is 6.17. The molecule has 2 atom stereocenters. The van der Waals surface area contributed by atoms with Crippen molar-refractivity contribution in [2.24, 2.45) is 5.92 Å². The van der Waals surface area contributed by atoms with E-state index in [1.165, 1.54) is 5.56 Å². The van der Waals surface area contributed by atoms with Crippen LogP contribution >= 0.6 is 0 Å². The highest BCUT2D eigenvalue weighted by molar-refractivity contribution is 5.70. The minimum Gasteiger partial charge on any atom is -0.481 e. The molecule has 7 heteroatoms. The summed E-state index contributed by atoms with van der Waals surface area (Å²) in [7, 11) is 4.10. The van der Waals surface area contributed by atoms with E-state index in [4.69, 9.17) is 14.9 Å². The van der Waals surface area contributed by atoms with Gasteiger partial charge >= 0.3 is 17.9 Å². The molecule has 0 aliphatic rings. The second-order valence-electron chi connectivity index (χ2n) is 8.55. The van der Waals surface area contributed by atoms with Gasteiger partial charge in [-0.25, -0.2) is 0 Å². The Balaban J connectivity index is 0.000000546. The Hall–Kier alpha value is -3.19. The Morgan fingerprint density at radius 2 is 1.41 bits per heavy atom. The standard InChI is InChI=1S/C22H29NO2.C5H8O4/c1-5-21(24)25-22(18(2)17-23(3)4,20-14-10-7-11-15-20)16-19-12-8-6-9-13-19;6-4(7)2-1-3-5(8)9/h6-15,18H,5,16-17H2,1-4H3;1-3H2,(H,6,7)(H,8,9)/t18-,22+;/m1./s1. The van der Waals surface area contributed by atoms with Gasteiger partial charge in [-0.2, -0.15) is 0 Å². The molecule has 0 spiro atoms. The number of hydrogen-bond acceptors (Lipinski definition) is 5. The summed E-state index contributed by atoms with van der Waals surface area (Å²) in [6.45, 7) is 4.84. The van der Waals surface area contributed by atoms with Crippen LogP contribution in [-0.2, 0) is 31.1 Å². The van der Waals surface area contributed by atoms with Crippen molar-refractivity contribution in [3.63, 3.8) is 0 Å². The van der Waals surface area contributed by atoms with Crippen LogP contribution in [0.5, 0.6) is 0 Å². The first-order valence-corrected chi connectivity index (χ1v) is 11.5. The van der Waals surface area contributed by atoms with Gasteiger partial charge < -0.3 is 19.8 Å². The molecule has 7 nitrogen and oxygen atoms in total. The van der Waals surface area contributed by atoms with E-state index < -0.39 is 17.5 Å². The topological polar surface area (TPSA) is 104 Å². The Morgan fingerprint density at radius 3 is 1.85 bits per heavy atom. The highest BCUT2D eigenvalue weighted by atomic mass is 16.6. The van der Waals surface area contributed by atoms with Crippen molar-refractivity contribution >= 4 is 17.9 Å². The first-order chi connectivity index (χ1) is 16.1. The molecule has 2 rings (SSSR count). The molecule has 0 amide bonds. The Morgan fingerprint density at radius 1 is 0.912 bits per heavy atom. The van der Waals surface area contributed by atoms with Crippen LogP contribution in [0, 0.1) is 5.92 Å². The maximum absolute atomic E-state index is 12.3. The third-order valence-electron chi connectivity index (χ3n) is 5.37. The zero-order valence-corrected chi connectivity index (χ0v) is 20.6. The number of esters is 1. The van der Waals surface area contributed by atoms with Crippen LogP contribution in [0.4, 0.5) is 0 Å². The number of carbonyl (C=O) groups is 3. The summed E-state index contributed by atoms with van der Waals surface area (Å²) in [4.78, 5) is 34.1. The molecule has 0 heterocycles. The molecule has 0 unspecified atom stereocenters. The molecule has 2 N–H and O–H groups in total. The van der Waals surface area contributed by atoms with E-state index in [0.717, 1.165) is 12.1 Å². The molecule has 2 aromatic rings. The fourth-order valence-corrected chi connectivity index (χ4v) is 3.74. The lowest BCUT2D eigenvalue weighted by Gasteiger charge is -2.40. The second kappa shape index (κ2) is 14.9. The van der Waals surface area contributed by atoms with Crippen LogP contribution in [-0.4, -0.2) is 53.7 Å². The second-order valence-corrected chi connectivity index (χ2v) is 8.55. The Bertz CT molecular complexity index is 871. The van der Waals surface area contributed by atoms with Crippen molar-refractivity contribution in [1.29, 1.82) is 0 Å². The van der Waals surface area contributed by atoms with Gasteiger partial charge in [0.1, 0.15) is 5.60 Å². The van der Waals surface area contributed by atoms with E-state index >= 15 is 0 Å². The summed E-state index contributed by atoms with van der Waals surface area (Å²) in [5.41, 5.74) is 1.54. The van der Waals surface area contributed by atoms with Gasteiger partial charge in [0, 0.05) is 38.1 Å². The Kier molecular flexibility index (Phi) is 12.6. The highest BCUT2D eigenvalue weighted by Gasteiger charge is 2.42. The van der Waals surface area contributed by atoms with Gasteiger partial charge in [-0.15, -0.1) is 0 Å². The summed E-state index contributed by atoms with van der Waals surface area (Å²) in [6.07, 6.45) is 1.12. The number of benzene rings is 2. The Labute approximate surface area is 202 Å². The van der Waals surface area contributed by atoms with Gasteiger partial charge in [-0.3, -0.25) is 14.4 Å². The van der Waals surface area contributed by atoms with E-state index in [2.05, 4.69) is 50.2 Å². The van der Waals surface area contributed by atoms with E-state index in [9.17, 15) is 14.4 Å². The predicted octanol–water partition coefficient (Wildman–Crippen LogP) is 4.60. The number of nitrogens with zero attached hydrogens (tertiary/aromatic N) is 1. The monoisotopic (exact) mass is 471 g/mol. The van der Waals surface area contributed by atoms with Crippen LogP contribution in [0.25, 0.3) is 0 Å². The lowest BCUT2D eigenvalue weighted by molar-refractivity contribution is -0.168. The predicted molar refractivity (Wildman–Crippen MR) is 131 cm³/mol. The van der Waals surface area contributed by atoms with E-state index in [0.29, 0.717) is 12.8 Å². The molecule has 0 aliphatic carbocycles. The van der Waals surface area contributed by atoms with Crippen LogP contribution in [0.15, 0.2) is 60.7 Å². The lowest BCUT2D eigenvalue weighted by Crippen LogP contribution is -2.44. The first-order valence-electron chi connectivity index (χ1n) is 11.5. The molecule has 2 aromatic carbocycles. The minimum absolute atomic E-state index is 0.0632. The normalized spacial score (nSPS) is 13.2. The van der Waals surface area contributed by atoms with Gasteiger partial charge in [0.15, 0.2) is 0 Å². The summed E-state index contributed by atoms with van der Waals surface area (Å²) in [6, 6.07) is 20.4. The number of ether oxygens (including phenoxy) is 1. The van der Waals surface area contributed by atoms with E-state index in [1.807, 2.05) is 43.3 Å². The zero-order chi connectivity index (χ0) is 25.6. The fraction of sp³-hybridized carbons (Fsp3) is 0.444. The van der Waals surface area contributed by atoms with Gasteiger partial charge in [-0.1, -0.05) is 74.5 Å². The highest BCUT2D eigenvalue weighted by Crippen LogP contribution is 2.38. The van der Waals surface area contributed by atoms with Crippen molar-refractivity contribution < 1.29 is 29.3 Å². The fourth-order valence-electron chi connectivity index (χ4n) is 3.74. The molecular weight excluding hydrogens is 434 g/mol. The summed E-state index contributed by atoms with van der Waals surface area (Å²) in [5, 5.41) is 16.1. The average molecular weight is 472 g/mol. The minimum atomic E-state index is -0.948. The van der Waals surface area contributed by atoms with Crippen molar-refractivity contribution in [3.05, 3.63) is 71.8 Å². The first kappa shape index (κ1) is 28.8. The van der Waals surface area contributed by atoms with Crippen molar-refractivity contribution in [1.82, 2.24) is 4.90 Å². The van der Waals surface area contributed by atoms with E-state index in [-0.39, 0.29) is 31.1 Å². The molecule has 0 aliphatic heterocycles. The largest absolute Gasteiger partial charge is 0.481 e. The molecule has 0 bridgehead atoms. The molecule has 0 radical (unpaired) electrons. The number of carboxylic acid groups (broad SMARTS) is 2. The van der Waals surface area contributed by atoms with Crippen LogP contribution < -0.4 is 0 Å². The average Bonchev–Trinajstić information content (AvgIpc) is 2.79. The zero-order valence-electron chi connectivity index (χ0n) is 20.6. The van der Waals surface area contributed by atoms with Gasteiger partial charge in [0.25, 0.3) is 0 Å². The lowest BCUT2D eigenvalue weighted by atomic mass is 9.77. The molecule has 0 saturated heterocycles. The molecular formula is C27H37NO6. The number of carboxylic acids is 2.